The van der Waals surface area contributed by atoms with Crippen LogP contribution in [0.15, 0.2) is 65.5 Å². The zero-order chi connectivity index (χ0) is 18.6. The minimum atomic E-state index is -0.409. The Morgan fingerprint density at radius 3 is 2.59 bits per heavy atom. The van der Waals surface area contributed by atoms with Crippen LogP contribution in [0.2, 0.25) is 0 Å². The number of hydrogen-bond acceptors (Lipinski definition) is 5. The molecule has 1 aliphatic heterocycles. The number of rotatable bonds is 4. The van der Waals surface area contributed by atoms with Crippen LogP contribution < -0.4 is 20.3 Å². The van der Waals surface area contributed by atoms with Crippen molar-refractivity contribution in [3.05, 3.63) is 82.3 Å². The fraction of sp³-hybridized carbons (Fsp3) is 0.150. The Labute approximate surface area is 155 Å². The molecule has 7 heteroatoms. The van der Waals surface area contributed by atoms with Gasteiger partial charge in [0.15, 0.2) is 11.5 Å². The van der Waals surface area contributed by atoms with Crippen LogP contribution in [0.1, 0.15) is 16.1 Å². The molecule has 1 amide bonds. The van der Waals surface area contributed by atoms with E-state index in [0.717, 1.165) is 5.56 Å². The molecule has 0 saturated carbocycles. The van der Waals surface area contributed by atoms with Crippen LogP contribution in [0.25, 0.3) is 0 Å². The number of aromatic nitrogens is 2. The van der Waals surface area contributed by atoms with Gasteiger partial charge in [-0.3, -0.25) is 9.59 Å². The molecule has 1 aliphatic rings. The summed E-state index contributed by atoms with van der Waals surface area (Å²) in [5.41, 5.74) is 1.37. The first-order valence-corrected chi connectivity index (χ1v) is 8.52. The molecule has 3 aromatic rings. The Kier molecular flexibility index (Phi) is 4.57. The van der Waals surface area contributed by atoms with Crippen molar-refractivity contribution < 1.29 is 14.3 Å². The lowest BCUT2D eigenvalue weighted by atomic mass is 10.2. The Morgan fingerprint density at radius 1 is 1.00 bits per heavy atom. The maximum atomic E-state index is 12.5. The third kappa shape index (κ3) is 3.82. The van der Waals surface area contributed by atoms with E-state index >= 15 is 0 Å². The first-order valence-electron chi connectivity index (χ1n) is 8.52. The molecule has 4 rings (SSSR count). The van der Waals surface area contributed by atoms with Crippen LogP contribution in [-0.4, -0.2) is 28.9 Å². The van der Waals surface area contributed by atoms with Crippen molar-refractivity contribution in [3.63, 3.8) is 0 Å². The second kappa shape index (κ2) is 7.33. The third-order valence-electron chi connectivity index (χ3n) is 4.07. The van der Waals surface area contributed by atoms with Gasteiger partial charge >= 0.3 is 0 Å². The molecule has 0 unspecified atom stereocenters. The molecule has 0 aliphatic carbocycles. The van der Waals surface area contributed by atoms with Crippen LogP contribution in [0.5, 0.6) is 11.5 Å². The van der Waals surface area contributed by atoms with Crippen molar-refractivity contribution in [2.75, 3.05) is 18.5 Å². The summed E-state index contributed by atoms with van der Waals surface area (Å²) >= 11 is 0. The summed E-state index contributed by atoms with van der Waals surface area (Å²) in [6.07, 6.45) is 0. The van der Waals surface area contributed by atoms with Crippen molar-refractivity contribution >= 4 is 11.6 Å². The number of fused-ring (bicyclic) bond motifs is 1. The summed E-state index contributed by atoms with van der Waals surface area (Å²) in [6.45, 7) is 1.27. The Balaban J connectivity index is 1.53. The molecular weight excluding hydrogens is 346 g/mol. The van der Waals surface area contributed by atoms with E-state index in [2.05, 4.69) is 10.4 Å². The van der Waals surface area contributed by atoms with Gasteiger partial charge in [-0.1, -0.05) is 30.3 Å². The minimum Gasteiger partial charge on any atom is -0.486 e. The van der Waals surface area contributed by atoms with E-state index in [0.29, 0.717) is 36.9 Å². The van der Waals surface area contributed by atoms with Crippen LogP contribution in [0.4, 0.5) is 5.69 Å². The number of carbonyl (C=O) groups excluding carboxylic acids is 1. The molecule has 0 atom stereocenters. The summed E-state index contributed by atoms with van der Waals surface area (Å²) in [7, 11) is 0. The normalized spacial score (nSPS) is 12.4. The molecule has 0 saturated heterocycles. The number of hydrogen-bond donors (Lipinski definition) is 1. The smallest absolute Gasteiger partial charge is 0.276 e. The van der Waals surface area contributed by atoms with E-state index < -0.39 is 5.91 Å². The molecule has 1 N–H and O–H groups in total. The summed E-state index contributed by atoms with van der Waals surface area (Å²) in [5, 5.41) is 6.95. The summed E-state index contributed by atoms with van der Waals surface area (Å²) in [5.74, 6) is 0.823. The average Bonchev–Trinajstić information content (AvgIpc) is 2.70. The molecule has 1 aromatic heterocycles. The molecule has 136 valence electrons. The van der Waals surface area contributed by atoms with Crippen molar-refractivity contribution in [1.82, 2.24) is 9.78 Å². The van der Waals surface area contributed by atoms with Crippen LogP contribution >= 0.6 is 0 Å². The lowest BCUT2D eigenvalue weighted by Crippen LogP contribution is -2.26. The monoisotopic (exact) mass is 363 g/mol. The van der Waals surface area contributed by atoms with Crippen molar-refractivity contribution in [2.24, 2.45) is 0 Å². The maximum Gasteiger partial charge on any atom is 0.276 e. The molecule has 2 heterocycles. The van der Waals surface area contributed by atoms with Gasteiger partial charge in [0, 0.05) is 17.8 Å². The average molecular weight is 363 g/mol. The molecular formula is C20H17N3O4. The second-order valence-electron chi connectivity index (χ2n) is 6.01. The van der Waals surface area contributed by atoms with Crippen molar-refractivity contribution in [1.29, 1.82) is 0 Å². The standard InChI is InChI=1S/C20H17N3O4/c24-19-9-7-16(22-23(19)13-14-4-2-1-3-5-14)20(25)21-15-6-8-17-18(12-15)27-11-10-26-17/h1-9,12H,10-11,13H2,(H,21,25). The van der Waals surface area contributed by atoms with Crippen LogP contribution in [0.3, 0.4) is 0 Å². The topological polar surface area (TPSA) is 82.5 Å². The molecule has 0 fully saturated rings. The molecule has 0 radical (unpaired) electrons. The van der Waals surface area contributed by atoms with Crippen LogP contribution in [-0.2, 0) is 6.54 Å². The van der Waals surface area contributed by atoms with Gasteiger partial charge in [-0.05, 0) is 23.8 Å². The van der Waals surface area contributed by atoms with Gasteiger partial charge in [0.25, 0.3) is 11.5 Å². The largest absolute Gasteiger partial charge is 0.486 e. The SMILES string of the molecule is O=C(Nc1ccc2c(c1)OCCO2)c1ccc(=O)n(Cc2ccccc2)n1. The zero-order valence-corrected chi connectivity index (χ0v) is 14.4. The van der Waals surface area contributed by atoms with E-state index in [1.165, 1.54) is 16.8 Å². The number of anilines is 1. The Morgan fingerprint density at radius 2 is 1.78 bits per heavy atom. The number of carbonyl (C=O) groups is 1. The predicted octanol–water partition coefficient (Wildman–Crippen LogP) is 2.32. The quantitative estimate of drug-likeness (QED) is 0.769. The highest BCUT2D eigenvalue weighted by Crippen LogP contribution is 2.32. The number of benzene rings is 2. The Bertz CT molecular complexity index is 1030. The fourth-order valence-corrected chi connectivity index (χ4v) is 2.76. The van der Waals surface area contributed by atoms with E-state index in [4.69, 9.17) is 9.47 Å². The molecule has 7 nitrogen and oxygen atoms in total. The highest BCUT2D eigenvalue weighted by Gasteiger charge is 2.15. The van der Waals surface area contributed by atoms with Crippen molar-refractivity contribution in [3.8, 4) is 11.5 Å². The molecule has 27 heavy (non-hydrogen) atoms. The number of nitrogens with zero attached hydrogens (tertiary/aromatic N) is 2. The van der Waals surface area contributed by atoms with Gasteiger partial charge in [-0.15, -0.1) is 0 Å². The van der Waals surface area contributed by atoms with Crippen molar-refractivity contribution in [2.45, 2.75) is 6.54 Å². The summed E-state index contributed by atoms with van der Waals surface area (Å²) in [6, 6.07) is 17.4. The lowest BCUT2D eigenvalue weighted by Gasteiger charge is -2.19. The molecule has 0 bridgehead atoms. The summed E-state index contributed by atoms with van der Waals surface area (Å²) in [4.78, 5) is 24.6. The lowest BCUT2D eigenvalue weighted by molar-refractivity contribution is 0.102. The van der Waals surface area contributed by atoms with Gasteiger partial charge in [-0.25, -0.2) is 4.68 Å². The Hall–Kier alpha value is -3.61. The second-order valence-corrected chi connectivity index (χ2v) is 6.01. The highest BCUT2D eigenvalue weighted by atomic mass is 16.6. The summed E-state index contributed by atoms with van der Waals surface area (Å²) < 4.78 is 12.3. The van der Waals surface area contributed by atoms with Gasteiger partial charge in [0.2, 0.25) is 0 Å². The first kappa shape index (κ1) is 16.8. The molecule has 0 spiro atoms. The third-order valence-corrected chi connectivity index (χ3v) is 4.07. The highest BCUT2D eigenvalue weighted by molar-refractivity contribution is 6.02. The fourth-order valence-electron chi connectivity index (χ4n) is 2.76. The first-order chi connectivity index (χ1) is 13.2. The van der Waals surface area contributed by atoms with Gasteiger partial charge in [0.1, 0.15) is 18.9 Å². The number of amides is 1. The van der Waals surface area contributed by atoms with E-state index in [1.54, 1.807) is 18.2 Å². The van der Waals surface area contributed by atoms with Gasteiger partial charge < -0.3 is 14.8 Å². The number of nitrogens with one attached hydrogen (secondary N) is 1. The zero-order valence-electron chi connectivity index (χ0n) is 14.4. The van der Waals surface area contributed by atoms with E-state index in [-0.39, 0.29) is 11.3 Å². The maximum absolute atomic E-state index is 12.5. The molecule has 2 aromatic carbocycles. The minimum absolute atomic E-state index is 0.153. The van der Waals surface area contributed by atoms with Gasteiger partial charge in [-0.2, -0.15) is 5.10 Å². The van der Waals surface area contributed by atoms with E-state index in [1.807, 2.05) is 30.3 Å². The van der Waals surface area contributed by atoms with Crippen LogP contribution in [0, 0.1) is 0 Å². The number of ether oxygens (including phenoxy) is 2. The van der Waals surface area contributed by atoms with E-state index in [9.17, 15) is 9.59 Å². The van der Waals surface area contributed by atoms with Gasteiger partial charge in [0.05, 0.1) is 6.54 Å². The predicted molar refractivity (Wildman–Crippen MR) is 99.4 cm³/mol.